The lowest BCUT2D eigenvalue weighted by molar-refractivity contribution is 0.161. The minimum Gasteiger partial charge on any atom is -0.304 e. The molecular formula is C14H22N2O2S. The van der Waals surface area contributed by atoms with E-state index in [1.807, 2.05) is 19.1 Å². The van der Waals surface area contributed by atoms with Gasteiger partial charge in [0.1, 0.15) is 0 Å². The van der Waals surface area contributed by atoms with Crippen molar-refractivity contribution in [2.45, 2.75) is 11.8 Å². The quantitative estimate of drug-likeness (QED) is 0.826. The molecule has 1 aromatic carbocycles. The van der Waals surface area contributed by atoms with Gasteiger partial charge in [0.05, 0.1) is 10.6 Å². The van der Waals surface area contributed by atoms with Crippen LogP contribution in [0.25, 0.3) is 0 Å². The Labute approximate surface area is 115 Å². The Morgan fingerprint density at radius 3 is 2.21 bits per heavy atom. The Morgan fingerprint density at radius 1 is 1.05 bits per heavy atom. The summed E-state index contributed by atoms with van der Waals surface area (Å²) in [5.74, 6) is 0.208. The molecule has 0 aromatic heterocycles. The smallest absolute Gasteiger partial charge is 0.179 e. The number of benzene rings is 1. The molecule has 19 heavy (non-hydrogen) atoms. The molecule has 0 atom stereocenters. The van der Waals surface area contributed by atoms with Crippen molar-refractivity contribution < 1.29 is 8.42 Å². The lowest BCUT2D eigenvalue weighted by Gasteiger charge is -2.32. The minimum absolute atomic E-state index is 0.208. The van der Waals surface area contributed by atoms with E-state index in [-0.39, 0.29) is 5.75 Å². The van der Waals surface area contributed by atoms with E-state index in [9.17, 15) is 8.42 Å². The molecule has 1 aliphatic heterocycles. The van der Waals surface area contributed by atoms with Crippen molar-refractivity contribution >= 4 is 9.84 Å². The van der Waals surface area contributed by atoms with Crippen LogP contribution in [0.3, 0.4) is 0 Å². The first-order chi connectivity index (χ1) is 8.97. The zero-order chi connectivity index (χ0) is 13.9. The molecule has 1 aliphatic rings. The van der Waals surface area contributed by atoms with Gasteiger partial charge >= 0.3 is 0 Å². The Kier molecular flexibility index (Phi) is 4.60. The van der Waals surface area contributed by atoms with E-state index < -0.39 is 9.84 Å². The van der Waals surface area contributed by atoms with Gasteiger partial charge in [-0.2, -0.15) is 0 Å². The molecule has 5 heteroatoms. The SMILES string of the molecule is Cc1ccc(S(=O)(=O)CCN2CCN(C)CC2)cc1. The van der Waals surface area contributed by atoms with Crippen LogP contribution in [-0.2, 0) is 9.84 Å². The first kappa shape index (κ1) is 14.5. The normalized spacial score (nSPS) is 18.6. The van der Waals surface area contributed by atoms with Gasteiger partial charge in [-0.05, 0) is 26.1 Å². The highest BCUT2D eigenvalue weighted by Gasteiger charge is 2.18. The molecule has 0 saturated carbocycles. The van der Waals surface area contributed by atoms with Crippen LogP contribution in [0.4, 0.5) is 0 Å². The minimum atomic E-state index is -3.15. The van der Waals surface area contributed by atoms with Crippen LogP contribution in [0.15, 0.2) is 29.2 Å². The van der Waals surface area contributed by atoms with Gasteiger partial charge in [0.2, 0.25) is 0 Å². The summed E-state index contributed by atoms with van der Waals surface area (Å²) in [6.07, 6.45) is 0. The Morgan fingerprint density at radius 2 is 1.63 bits per heavy atom. The highest BCUT2D eigenvalue weighted by molar-refractivity contribution is 7.91. The van der Waals surface area contributed by atoms with E-state index in [4.69, 9.17) is 0 Å². The largest absolute Gasteiger partial charge is 0.304 e. The number of sulfone groups is 1. The van der Waals surface area contributed by atoms with E-state index in [2.05, 4.69) is 16.8 Å². The van der Waals surface area contributed by atoms with E-state index in [1.54, 1.807) is 12.1 Å². The highest BCUT2D eigenvalue weighted by Crippen LogP contribution is 2.12. The molecule has 0 bridgehead atoms. The van der Waals surface area contributed by atoms with Crippen molar-refractivity contribution in [3.63, 3.8) is 0 Å². The summed E-state index contributed by atoms with van der Waals surface area (Å²) < 4.78 is 24.4. The maximum atomic E-state index is 12.2. The fraction of sp³-hybridized carbons (Fsp3) is 0.571. The predicted molar refractivity (Wildman–Crippen MR) is 77.2 cm³/mol. The van der Waals surface area contributed by atoms with Gasteiger partial charge in [0, 0.05) is 32.7 Å². The molecule has 1 heterocycles. The summed E-state index contributed by atoms with van der Waals surface area (Å²) in [4.78, 5) is 4.93. The third-order valence-corrected chi connectivity index (χ3v) is 5.36. The standard InChI is InChI=1S/C14H22N2O2S/c1-13-3-5-14(6-4-13)19(17,18)12-11-16-9-7-15(2)8-10-16/h3-6H,7-12H2,1-2H3. The molecule has 1 fully saturated rings. The average molecular weight is 282 g/mol. The Bertz CT molecular complexity index is 503. The maximum absolute atomic E-state index is 12.2. The van der Waals surface area contributed by atoms with Crippen LogP contribution in [0.1, 0.15) is 5.56 Å². The highest BCUT2D eigenvalue weighted by atomic mass is 32.2. The van der Waals surface area contributed by atoms with Crippen molar-refractivity contribution in [1.82, 2.24) is 9.80 Å². The fourth-order valence-electron chi connectivity index (χ4n) is 2.18. The number of rotatable bonds is 4. The molecule has 0 N–H and O–H groups in total. The molecule has 1 saturated heterocycles. The van der Waals surface area contributed by atoms with Crippen molar-refractivity contribution in [2.24, 2.45) is 0 Å². The van der Waals surface area contributed by atoms with Crippen LogP contribution in [0.2, 0.25) is 0 Å². The van der Waals surface area contributed by atoms with Gasteiger partial charge in [-0.25, -0.2) is 8.42 Å². The summed E-state index contributed by atoms with van der Waals surface area (Å²) in [5.41, 5.74) is 1.08. The van der Waals surface area contributed by atoms with Crippen molar-refractivity contribution in [1.29, 1.82) is 0 Å². The molecule has 1 aromatic rings. The van der Waals surface area contributed by atoms with Crippen LogP contribution in [-0.4, -0.2) is 63.7 Å². The lowest BCUT2D eigenvalue weighted by Crippen LogP contribution is -2.45. The molecule has 0 aliphatic carbocycles. The summed E-state index contributed by atoms with van der Waals surface area (Å²) in [6.45, 7) is 6.54. The predicted octanol–water partition coefficient (Wildman–Crippen LogP) is 1.02. The van der Waals surface area contributed by atoms with Crippen molar-refractivity contribution in [2.75, 3.05) is 45.5 Å². The third-order valence-electron chi connectivity index (χ3n) is 3.65. The molecule has 0 radical (unpaired) electrons. The van der Waals surface area contributed by atoms with Gasteiger partial charge in [-0.15, -0.1) is 0 Å². The number of piperazine rings is 1. The molecule has 0 unspecified atom stereocenters. The van der Waals surface area contributed by atoms with Crippen molar-refractivity contribution in [3.05, 3.63) is 29.8 Å². The van der Waals surface area contributed by atoms with Gasteiger partial charge in [-0.3, -0.25) is 4.90 Å². The second-order valence-electron chi connectivity index (χ2n) is 5.28. The summed E-state index contributed by atoms with van der Waals surface area (Å²) in [6, 6.07) is 7.11. The lowest BCUT2D eigenvalue weighted by atomic mass is 10.2. The van der Waals surface area contributed by atoms with Gasteiger partial charge in [0.15, 0.2) is 9.84 Å². The van der Waals surface area contributed by atoms with Crippen LogP contribution in [0.5, 0.6) is 0 Å². The second kappa shape index (κ2) is 6.03. The first-order valence-electron chi connectivity index (χ1n) is 6.68. The molecule has 0 spiro atoms. The molecule has 0 amide bonds. The average Bonchev–Trinajstić information content (AvgIpc) is 2.39. The third kappa shape index (κ3) is 4.03. The zero-order valence-corrected chi connectivity index (χ0v) is 12.5. The summed E-state index contributed by atoms with van der Waals surface area (Å²) >= 11 is 0. The first-order valence-corrected chi connectivity index (χ1v) is 8.33. The van der Waals surface area contributed by atoms with Crippen LogP contribution < -0.4 is 0 Å². The summed E-state index contributed by atoms with van der Waals surface area (Å²) in [7, 11) is -1.05. The zero-order valence-electron chi connectivity index (χ0n) is 11.7. The van der Waals surface area contributed by atoms with E-state index in [0.29, 0.717) is 11.4 Å². The molecule has 2 rings (SSSR count). The van der Waals surface area contributed by atoms with Crippen molar-refractivity contribution in [3.8, 4) is 0 Å². The second-order valence-corrected chi connectivity index (χ2v) is 7.39. The Balaban J connectivity index is 1.92. The van der Waals surface area contributed by atoms with E-state index in [1.165, 1.54) is 0 Å². The topological polar surface area (TPSA) is 40.6 Å². The number of likely N-dealkylation sites (N-methyl/N-ethyl adjacent to an activating group) is 1. The number of hydrogen-bond donors (Lipinski definition) is 0. The number of nitrogens with zero attached hydrogens (tertiary/aromatic N) is 2. The number of hydrogen-bond acceptors (Lipinski definition) is 4. The fourth-order valence-corrected chi connectivity index (χ4v) is 3.47. The monoisotopic (exact) mass is 282 g/mol. The number of aryl methyl sites for hydroxylation is 1. The molecule has 106 valence electrons. The van der Waals surface area contributed by atoms with E-state index >= 15 is 0 Å². The van der Waals surface area contributed by atoms with Crippen LogP contribution >= 0.6 is 0 Å². The molecular weight excluding hydrogens is 260 g/mol. The van der Waals surface area contributed by atoms with Gasteiger partial charge in [-0.1, -0.05) is 17.7 Å². The van der Waals surface area contributed by atoms with E-state index in [0.717, 1.165) is 31.7 Å². The van der Waals surface area contributed by atoms with Gasteiger partial charge < -0.3 is 4.90 Å². The van der Waals surface area contributed by atoms with Crippen LogP contribution in [0, 0.1) is 6.92 Å². The molecule has 4 nitrogen and oxygen atoms in total. The Hall–Kier alpha value is -0.910. The maximum Gasteiger partial charge on any atom is 0.179 e. The van der Waals surface area contributed by atoms with Gasteiger partial charge in [0.25, 0.3) is 0 Å². The summed E-state index contributed by atoms with van der Waals surface area (Å²) in [5, 5.41) is 0.